The average Bonchev–Trinajstić information content (AvgIpc) is 2.79. The van der Waals surface area contributed by atoms with Gasteiger partial charge in [0.25, 0.3) is 0 Å². The van der Waals surface area contributed by atoms with E-state index in [2.05, 4.69) is 48.7 Å². The van der Waals surface area contributed by atoms with Crippen molar-refractivity contribution in [3.63, 3.8) is 0 Å². The van der Waals surface area contributed by atoms with Crippen molar-refractivity contribution in [2.75, 3.05) is 33.4 Å². The van der Waals surface area contributed by atoms with Gasteiger partial charge in [0, 0.05) is 7.11 Å². The summed E-state index contributed by atoms with van der Waals surface area (Å²) in [6.07, 6.45) is 2.25. The maximum absolute atomic E-state index is 5.13. The average molecular weight is 261 g/mol. The number of rotatable bonds is 5. The molecule has 2 rings (SSSR count). The van der Waals surface area contributed by atoms with E-state index in [1.165, 1.54) is 22.3 Å². The number of hydrogen-bond donors (Lipinski definition) is 0. The number of methoxy groups -OCH3 is 1. The van der Waals surface area contributed by atoms with Crippen LogP contribution >= 0.6 is 0 Å². The van der Waals surface area contributed by atoms with Crippen LogP contribution < -0.4 is 0 Å². The summed E-state index contributed by atoms with van der Waals surface area (Å²) in [7, 11) is 1.76. The monoisotopic (exact) mass is 261 g/mol. The normalized spacial score (nSPS) is 14.9. The third kappa shape index (κ3) is 3.57. The Kier molecular flexibility index (Phi) is 4.59. The van der Waals surface area contributed by atoms with E-state index in [9.17, 15) is 0 Å². The maximum atomic E-state index is 5.13. The molecule has 3 nitrogen and oxygen atoms in total. The summed E-state index contributed by atoms with van der Waals surface area (Å²) >= 11 is 0. The van der Waals surface area contributed by atoms with Gasteiger partial charge in [-0.3, -0.25) is 9.48 Å². The van der Waals surface area contributed by atoms with Crippen LogP contribution in [0.5, 0.6) is 0 Å². The van der Waals surface area contributed by atoms with Crippen LogP contribution in [0.2, 0.25) is 0 Å². The molecule has 0 spiro atoms. The lowest BCUT2D eigenvalue weighted by atomic mass is 10.00. The highest BCUT2D eigenvalue weighted by Crippen LogP contribution is 2.17. The van der Waals surface area contributed by atoms with Crippen LogP contribution in [0.25, 0.3) is 0 Å². The van der Waals surface area contributed by atoms with E-state index < -0.39 is 0 Å². The van der Waals surface area contributed by atoms with Crippen molar-refractivity contribution in [1.82, 2.24) is 4.90 Å². The molecule has 1 aliphatic heterocycles. The predicted molar refractivity (Wildman–Crippen MR) is 79.0 cm³/mol. The van der Waals surface area contributed by atoms with Gasteiger partial charge in [0.2, 0.25) is 6.34 Å². The van der Waals surface area contributed by atoms with Crippen molar-refractivity contribution in [2.24, 2.45) is 0 Å². The standard InChI is InChI=1S/C16H25N2O/c1-13-9-14(2)16(15(3)10-13)11-18-6-5-17(12-18)7-8-19-4/h9-10,12H,5-8,11H2,1-4H3/q+1. The highest BCUT2D eigenvalue weighted by molar-refractivity contribution is 5.50. The van der Waals surface area contributed by atoms with Crippen LogP contribution in [0, 0.1) is 20.8 Å². The first-order chi connectivity index (χ1) is 9.10. The minimum absolute atomic E-state index is 0.799. The summed E-state index contributed by atoms with van der Waals surface area (Å²) in [6, 6.07) is 4.56. The third-order valence-corrected chi connectivity index (χ3v) is 3.79. The molecule has 0 aromatic heterocycles. The minimum Gasteiger partial charge on any atom is -0.381 e. The van der Waals surface area contributed by atoms with Crippen LogP contribution in [0.3, 0.4) is 0 Å². The molecule has 1 heterocycles. The van der Waals surface area contributed by atoms with Gasteiger partial charge in [-0.15, -0.1) is 0 Å². The number of nitrogens with zero attached hydrogens (tertiary/aromatic N) is 2. The second-order valence-corrected chi connectivity index (χ2v) is 5.49. The van der Waals surface area contributed by atoms with Gasteiger partial charge in [0.1, 0.15) is 26.2 Å². The van der Waals surface area contributed by atoms with E-state index in [1.807, 2.05) is 0 Å². The number of hydrogen-bond acceptors (Lipinski definition) is 2. The van der Waals surface area contributed by atoms with Crippen molar-refractivity contribution in [3.05, 3.63) is 34.4 Å². The Hall–Kier alpha value is -1.35. The summed E-state index contributed by atoms with van der Waals surface area (Å²) in [5, 5.41) is 0. The maximum Gasteiger partial charge on any atom is 0.234 e. The van der Waals surface area contributed by atoms with Crippen LogP contribution in [0.4, 0.5) is 0 Å². The molecule has 0 unspecified atom stereocenters. The number of aryl methyl sites for hydroxylation is 3. The second-order valence-electron chi connectivity index (χ2n) is 5.49. The molecule has 0 fully saturated rings. The van der Waals surface area contributed by atoms with Gasteiger partial charge in [-0.25, -0.2) is 0 Å². The van der Waals surface area contributed by atoms with E-state index in [0.29, 0.717) is 0 Å². The SMILES string of the molecule is COCCN1C=[N+](Cc2c(C)cc(C)cc2C)CC1. The number of ether oxygens (including phenoxy) is 1. The highest BCUT2D eigenvalue weighted by atomic mass is 16.5. The molecule has 0 amide bonds. The van der Waals surface area contributed by atoms with Crippen molar-refractivity contribution < 1.29 is 9.31 Å². The van der Waals surface area contributed by atoms with Crippen molar-refractivity contribution in [3.8, 4) is 0 Å². The fraction of sp³-hybridized carbons (Fsp3) is 0.562. The zero-order valence-electron chi connectivity index (χ0n) is 12.6. The Morgan fingerprint density at radius 2 is 1.89 bits per heavy atom. The summed E-state index contributed by atoms with van der Waals surface area (Å²) in [5.41, 5.74) is 5.63. The topological polar surface area (TPSA) is 15.5 Å². The van der Waals surface area contributed by atoms with E-state index >= 15 is 0 Å². The summed E-state index contributed by atoms with van der Waals surface area (Å²) in [6.45, 7) is 11.6. The summed E-state index contributed by atoms with van der Waals surface area (Å²) < 4.78 is 7.53. The van der Waals surface area contributed by atoms with Gasteiger partial charge >= 0.3 is 0 Å². The molecule has 0 aliphatic carbocycles. The molecule has 1 aromatic carbocycles. The lowest BCUT2D eigenvalue weighted by Gasteiger charge is -2.10. The van der Waals surface area contributed by atoms with Crippen LogP contribution in [0.1, 0.15) is 22.3 Å². The molecular weight excluding hydrogens is 236 g/mol. The Labute approximate surface area is 116 Å². The first-order valence-electron chi connectivity index (χ1n) is 6.99. The van der Waals surface area contributed by atoms with Crippen LogP contribution in [-0.4, -0.2) is 49.2 Å². The predicted octanol–water partition coefficient (Wildman–Crippen LogP) is 2.11. The zero-order chi connectivity index (χ0) is 13.8. The smallest absolute Gasteiger partial charge is 0.234 e. The molecule has 0 N–H and O–H groups in total. The van der Waals surface area contributed by atoms with Gasteiger partial charge in [-0.1, -0.05) is 17.7 Å². The highest BCUT2D eigenvalue weighted by Gasteiger charge is 2.19. The van der Waals surface area contributed by atoms with Gasteiger partial charge in [-0.05, 0) is 37.5 Å². The van der Waals surface area contributed by atoms with Crippen molar-refractivity contribution >= 4 is 6.34 Å². The molecule has 0 radical (unpaired) electrons. The third-order valence-electron chi connectivity index (χ3n) is 3.79. The lowest BCUT2D eigenvalue weighted by Crippen LogP contribution is -2.23. The van der Waals surface area contributed by atoms with E-state index in [-0.39, 0.29) is 0 Å². The molecule has 0 saturated carbocycles. The van der Waals surface area contributed by atoms with Crippen LogP contribution in [-0.2, 0) is 11.3 Å². The van der Waals surface area contributed by atoms with Gasteiger partial charge in [0.15, 0.2) is 0 Å². The molecule has 1 aliphatic rings. The van der Waals surface area contributed by atoms with E-state index in [1.54, 1.807) is 7.11 Å². The van der Waals surface area contributed by atoms with Gasteiger partial charge in [0.05, 0.1) is 6.61 Å². The second kappa shape index (κ2) is 6.20. The molecule has 0 saturated heterocycles. The van der Waals surface area contributed by atoms with Crippen LogP contribution in [0.15, 0.2) is 12.1 Å². The number of benzene rings is 1. The van der Waals surface area contributed by atoms with Gasteiger partial charge < -0.3 is 4.74 Å². The Morgan fingerprint density at radius 1 is 1.21 bits per heavy atom. The molecular formula is C16H25N2O+. The molecule has 1 aromatic rings. The first-order valence-corrected chi connectivity index (χ1v) is 6.99. The minimum atomic E-state index is 0.799. The van der Waals surface area contributed by atoms with Gasteiger partial charge in [-0.2, -0.15) is 0 Å². The first kappa shape index (κ1) is 14.1. The largest absolute Gasteiger partial charge is 0.381 e. The fourth-order valence-corrected chi connectivity index (χ4v) is 2.76. The zero-order valence-corrected chi connectivity index (χ0v) is 12.6. The Morgan fingerprint density at radius 3 is 2.53 bits per heavy atom. The van der Waals surface area contributed by atoms with Crippen molar-refractivity contribution in [2.45, 2.75) is 27.3 Å². The summed E-state index contributed by atoms with van der Waals surface area (Å²) in [4.78, 5) is 2.34. The molecule has 0 atom stereocenters. The molecule has 19 heavy (non-hydrogen) atoms. The van der Waals surface area contributed by atoms with E-state index in [0.717, 1.165) is 32.8 Å². The molecule has 104 valence electrons. The van der Waals surface area contributed by atoms with Crippen molar-refractivity contribution in [1.29, 1.82) is 0 Å². The molecule has 0 bridgehead atoms. The molecule has 3 heteroatoms. The Balaban J connectivity index is 2.06. The van der Waals surface area contributed by atoms with E-state index in [4.69, 9.17) is 4.74 Å². The lowest BCUT2D eigenvalue weighted by molar-refractivity contribution is -0.530. The quantitative estimate of drug-likeness (QED) is 0.754. The summed E-state index contributed by atoms with van der Waals surface area (Å²) in [5.74, 6) is 0. The fourth-order valence-electron chi connectivity index (χ4n) is 2.76. The Bertz CT molecular complexity index is 457.